The molecule has 0 unspecified atom stereocenters. The van der Waals surface area contributed by atoms with Gasteiger partial charge in [0, 0.05) is 26.2 Å². The van der Waals surface area contributed by atoms with Gasteiger partial charge < -0.3 is 14.8 Å². The summed E-state index contributed by atoms with van der Waals surface area (Å²) in [6.45, 7) is 3.64. The average molecular weight is 465 g/mol. The summed E-state index contributed by atoms with van der Waals surface area (Å²) in [6, 6.07) is 10.7. The number of carbonyl (C=O) groups excluding carboxylic acids is 2. The molecule has 2 aromatic rings. The van der Waals surface area contributed by atoms with E-state index in [4.69, 9.17) is 21.1 Å². The first-order valence-corrected chi connectivity index (χ1v) is 9.72. The summed E-state index contributed by atoms with van der Waals surface area (Å²) in [5.74, 6) is -0.00790. The Morgan fingerprint density at radius 1 is 1.25 bits per heavy atom. The van der Waals surface area contributed by atoms with Crippen LogP contribution < -0.4 is 10.1 Å². The van der Waals surface area contributed by atoms with Crippen molar-refractivity contribution >= 4 is 56.7 Å². The summed E-state index contributed by atoms with van der Waals surface area (Å²) in [4.78, 5) is 24.3. The van der Waals surface area contributed by atoms with Gasteiger partial charge in [0.2, 0.25) is 0 Å². The largest absolute Gasteiger partial charge is 0.492 e. The van der Waals surface area contributed by atoms with E-state index in [1.807, 2.05) is 12.1 Å². The maximum absolute atomic E-state index is 12.5. The SMILES string of the molecule is COC(=O)C(C)(C)COc1ccc(Br)cc1C=C1C(=O)Nc2cc(Cl)ccc21. The number of hydrogen-bond donors (Lipinski definition) is 1. The molecule has 1 N–H and O–H groups in total. The molecule has 0 saturated heterocycles. The van der Waals surface area contributed by atoms with Crippen molar-refractivity contribution in [3.63, 3.8) is 0 Å². The Hall–Kier alpha value is -2.31. The molecule has 1 heterocycles. The van der Waals surface area contributed by atoms with Crippen molar-refractivity contribution in [1.29, 1.82) is 0 Å². The minimum absolute atomic E-state index is 0.135. The highest BCUT2D eigenvalue weighted by molar-refractivity contribution is 9.10. The fourth-order valence-corrected chi connectivity index (χ4v) is 3.37. The Morgan fingerprint density at radius 2 is 2.00 bits per heavy atom. The van der Waals surface area contributed by atoms with Gasteiger partial charge in [0.25, 0.3) is 5.91 Å². The molecule has 3 rings (SSSR count). The second kappa shape index (κ2) is 7.97. The van der Waals surface area contributed by atoms with E-state index >= 15 is 0 Å². The Bertz CT molecular complexity index is 984. The van der Waals surface area contributed by atoms with Crippen LogP contribution in [-0.2, 0) is 14.3 Å². The molecule has 2 aromatic carbocycles. The van der Waals surface area contributed by atoms with Gasteiger partial charge >= 0.3 is 5.97 Å². The molecule has 1 amide bonds. The molecule has 0 bridgehead atoms. The number of carbonyl (C=O) groups is 2. The molecule has 0 aromatic heterocycles. The van der Waals surface area contributed by atoms with Crippen LogP contribution in [0, 0.1) is 5.41 Å². The first kappa shape index (κ1) is 20.4. The van der Waals surface area contributed by atoms with Gasteiger partial charge in [0.15, 0.2) is 0 Å². The number of esters is 1. The van der Waals surface area contributed by atoms with E-state index in [0.717, 1.165) is 10.0 Å². The highest BCUT2D eigenvalue weighted by Gasteiger charge is 2.30. The maximum Gasteiger partial charge on any atom is 0.314 e. The number of nitrogens with one attached hydrogen (secondary N) is 1. The summed E-state index contributed by atoms with van der Waals surface area (Å²) >= 11 is 9.46. The number of rotatable bonds is 5. The van der Waals surface area contributed by atoms with Crippen molar-refractivity contribution in [1.82, 2.24) is 0 Å². The van der Waals surface area contributed by atoms with Crippen LogP contribution in [0.2, 0.25) is 5.02 Å². The van der Waals surface area contributed by atoms with Gasteiger partial charge in [-0.2, -0.15) is 0 Å². The van der Waals surface area contributed by atoms with Crippen LogP contribution in [0.3, 0.4) is 0 Å². The maximum atomic E-state index is 12.5. The third-order valence-corrected chi connectivity index (χ3v) is 5.09. The molecule has 0 atom stereocenters. The summed E-state index contributed by atoms with van der Waals surface area (Å²) < 4.78 is 11.6. The Morgan fingerprint density at radius 3 is 2.71 bits per heavy atom. The zero-order valence-corrected chi connectivity index (χ0v) is 18.0. The number of hydrogen-bond acceptors (Lipinski definition) is 4. The van der Waals surface area contributed by atoms with Crippen LogP contribution >= 0.6 is 27.5 Å². The minimum Gasteiger partial charge on any atom is -0.492 e. The molecule has 1 aliphatic heterocycles. The quantitative estimate of drug-likeness (QED) is 0.489. The molecule has 28 heavy (non-hydrogen) atoms. The molecular formula is C21H19BrClNO4. The zero-order valence-electron chi connectivity index (χ0n) is 15.6. The molecular weight excluding hydrogens is 446 g/mol. The lowest BCUT2D eigenvalue weighted by atomic mass is 9.95. The van der Waals surface area contributed by atoms with E-state index in [0.29, 0.717) is 27.6 Å². The molecule has 0 fully saturated rings. The fourth-order valence-electron chi connectivity index (χ4n) is 2.82. The predicted molar refractivity (Wildman–Crippen MR) is 113 cm³/mol. The van der Waals surface area contributed by atoms with Crippen LogP contribution in [-0.4, -0.2) is 25.6 Å². The summed E-state index contributed by atoms with van der Waals surface area (Å²) in [5, 5.41) is 3.37. The summed E-state index contributed by atoms with van der Waals surface area (Å²) in [5.41, 5.74) is 1.87. The number of benzene rings is 2. The molecule has 7 heteroatoms. The molecule has 0 radical (unpaired) electrons. The van der Waals surface area contributed by atoms with Crippen LogP contribution in [0.5, 0.6) is 5.75 Å². The molecule has 5 nitrogen and oxygen atoms in total. The van der Waals surface area contributed by atoms with Gasteiger partial charge in [0.1, 0.15) is 12.4 Å². The third kappa shape index (κ3) is 4.23. The standard InChI is InChI=1S/C21H19BrClNO4/c1-21(2,20(26)27-3)11-28-18-7-4-13(22)8-12(18)9-16-15-6-5-14(23)10-17(15)24-19(16)25/h4-10H,11H2,1-3H3,(H,24,25). The van der Waals surface area contributed by atoms with Crippen LogP contribution in [0.15, 0.2) is 40.9 Å². The van der Waals surface area contributed by atoms with Gasteiger partial charge in [-0.05, 0) is 50.3 Å². The number of halogens is 2. The van der Waals surface area contributed by atoms with Crippen molar-refractivity contribution in [2.75, 3.05) is 19.0 Å². The fraction of sp³-hybridized carbons (Fsp3) is 0.238. The Balaban J connectivity index is 1.95. The lowest BCUT2D eigenvalue weighted by Crippen LogP contribution is -2.32. The number of fused-ring (bicyclic) bond motifs is 1. The lowest BCUT2D eigenvalue weighted by molar-refractivity contribution is -0.152. The molecule has 0 aliphatic carbocycles. The predicted octanol–water partition coefficient (Wildman–Crippen LogP) is 5.17. The molecule has 1 aliphatic rings. The van der Waals surface area contributed by atoms with Gasteiger partial charge in [-0.1, -0.05) is 33.6 Å². The lowest BCUT2D eigenvalue weighted by Gasteiger charge is -2.22. The minimum atomic E-state index is -0.805. The van der Waals surface area contributed by atoms with Crippen LogP contribution in [0.4, 0.5) is 5.69 Å². The summed E-state index contributed by atoms with van der Waals surface area (Å²) in [6.07, 6.45) is 1.76. The van der Waals surface area contributed by atoms with Crippen LogP contribution in [0.1, 0.15) is 25.0 Å². The van der Waals surface area contributed by atoms with Crippen molar-refractivity contribution in [3.8, 4) is 5.75 Å². The molecule has 146 valence electrons. The van der Waals surface area contributed by atoms with Gasteiger partial charge in [-0.3, -0.25) is 9.59 Å². The highest BCUT2D eigenvalue weighted by Crippen LogP contribution is 2.37. The monoisotopic (exact) mass is 463 g/mol. The van der Waals surface area contributed by atoms with E-state index in [2.05, 4.69) is 21.2 Å². The first-order chi connectivity index (χ1) is 13.2. The Labute approximate surface area is 176 Å². The van der Waals surface area contributed by atoms with E-state index in [1.54, 1.807) is 44.2 Å². The smallest absolute Gasteiger partial charge is 0.314 e. The molecule has 0 spiro atoms. The topological polar surface area (TPSA) is 64.6 Å². The van der Waals surface area contributed by atoms with Gasteiger partial charge in [0.05, 0.1) is 18.2 Å². The normalized spacial score (nSPS) is 14.6. The molecule has 0 saturated carbocycles. The second-order valence-electron chi connectivity index (χ2n) is 7.05. The van der Waals surface area contributed by atoms with Gasteiger partial charge in [-0.25, -0.2) is 0 Å². The van der Waals surface area contributed by atoms with Crippen molar-refractivity contribution in [2.45, 2.75) is 13.8 Å². The third-order valence-electron chi connectivity index (χ3n) is 4.36. The van der Waals surface area contributed by atoms with E-state index < -0.39 is 5.41 Å². The first-order valence-electron chi connectivity index (χ1n) is 8.55. The number of amides is 1. The zero-order chi connectivity index (χ0) is 20.5. The summed E-state index contributed by atoms with van der Waals surface area (Å²) in [7, 11) is 1.35. The second-order valence-corrected chi connectivity index (χ2v) is 8.40. The van der Waals surface area contributed by atoms with E-state index in [9.17, 15) is 9.59 Å². The van der Waals surface area contributed by atoms with Crippen molar-refractivity contribution < 1.29 is 19.1 Å². The van der Waals surface area contributed by atoms with Crippen LogP contribution in [0.25, 0.3) is 11.6 Å². The van der Waals surface area contributed by atoms with E-state index in [-0.39, 0.29) is 18.5 Å². The number of anilines is 1. The number of methoxy groups -OCH3 is 1. The van der Waals surface area contributed by atoms with Crippen molar-refractivity contribution in [2.24, 2.45) is 5.41 Å². The van der Waals surface area contributed by atoms with E-state index in [1.165, 1.54) is 7.11 Å². The average Bonchev–Trinajstić information content (AvgIpc) is 2.94. The van der Waals surface area contributed by atoms with Crippen molar-refractivity contribution in [3.05, 3.63) is 57.0 Å². The highest BCUT2D eigenvalue weighted by atomic mass is 79.9. The Kier molecular flexibility index (Phi) is 5.82. The van der Waals surface area contributed by atoms with Gasteiger partial charge in [-0.15, -0.1) is 0 Å². The number of ether oxygens (including phenoxy) is 2.